The van der Waals surface area contributed by atoms with Gasteiger partial charge in [-0.1, -0.05) is 83.2 Å². The molecule has 124 valence electrons. The summed E-state index contributed by atoms with van der Waals surface area (Å²) in [6.45, 7) is 6.76. The van der Waals surface area contributed by atoms with E-state index in [4.69, 9.17) is 0 Å². The second kappa shape index (κ2) is 8.40. The summed E-state index contributed by atoms with van der Waals surface area (Å²) in [7, 11) is 0. The molecule has 0 heterocycles. The van der Waals surface area contributed by atoms with E-state index >= 15 is 0 Å². The Labute approximate surface area is 140 Å². The Morgan fingerprint density at radius 2 is 1.73 bits per heavy atom. The Morgan fingerprint density at radius 1 is 1.09 bits per heavy atom. The van der Waals surface area contributed by atoms with E-state index in [2.05, 4.69) is 51.1 Å². The van der Waals surface area contributed by atoms with Crippen molar-refractivity contribution in [1.82, 2.24) is 0 Å². The summed E-state index contributed by atoms with van der Waals surface area (Å²) in [6, 6.07) is 10.6. The fraction of sp³-hybridized carbons (Fsp3) is 0.700. The summed E-state index contributed by atoms with van der Waals surface area (Å²) in [6.07, 6.45) is 8.49. The Bertz CT molecular complexity index is 417. The molecule has 1 aliphatic carbocycles. The molecule has 1 aromatic carbocycles. The Kier molecular flexibility index (Phi) is 6.83. The van der Waals surface area contributed by atoms with Gasteiger partial charge in [-0.2, -0.15) is 0 Å². The summed E-state index contributed by atoms with van der Waals surface area (Å²) in [5.41, 5.74) is 1.34. The normalized spacial score (nSPS) is 19.8. The van der Waals surface area contributed by atoms with Crippen molar-refractivity contribution >= 4 is 11.8 Å². The highest BCUT2D eigenvalue weighted by atomic mass is 32.2. The fourth-order valence-corrected chi connectivity index (χ4v) is 4.93. The van der Waals surface area contributed by atoms with Gasteiger partial charge in [0, 0.05) is 10.00 Å². The molecule has 1 fully saturated rings. The molecule has 1 N–H and O–H groups in total. The van der Waals surface area contributed by atoms with Crippen LogP contribution in [0.4, 0.5) is 0 Å². The SMILES string of the molecule is CC(C)(C)S[C@@H](Cc1ccccc1)[C@H](O)CC1CCCCC1. The zero-order chi connectivity index (χ0) is 16.0. The van der Waals surface area contributed by atoms with Crippen molar-refractivity contribution in [3.63, 3.8) is 0 Å². The average Bonchev–Trinajstić information content (AvgIpc) is 2.47. The number of rotatable bonds is 6. The molecule has 2 heteroatoms. The number of aliphatic hydroxyl groups is 1. The van der Waals surface area contributed by atoms with Gasteiger partial charge in [0.2, 0.25) is 0 Å². The van der Waals surface area contributed by atoms with Crippen molar-refractivity contribution in [1.29, 1.82) is 0 Å². The van der Waals surface area contributed by atoms with Gasteiger partial charge in [0.05, 0.1) is 6.10 Å². The molecule has 1 nitrogen and oxygen atoms in total. The first-order valence-electron chi connectivity index (χ1n) is 8.84. The lowest BCUT2D eigenvalue weighted by molar-refractivity contribution is 0.127. The minimum absolute atomic E-state index is 0.187. The lowest BCUT2D eigenvalue weighted by atomic mass is 9.84. The van der Waals surface area contributed by atoms with Crippen LogP contribution in [0, 0.1) is 5.92 Å². The first-order valence-corrected chi connectivity index (χ1v) is 9.72. The molecule has 1 aliphatic rings. The largest absolute Gasteiger partial charge is 0.392 e. The van der Waals surface area contributed by atoms with Crippen molar-refractivity contribution in [2.45, 2.75) is 81.8 Å². The molecule has 0 bridgehead atoms. The molecule has 0 amide bonds. The highest BCUT2D eigenvalue weighted by molar-refractivity contribution is 8.01. The van der Waals surface area contributed by atoms with E-state index < -0.39 is 0 Å². The van der Waals surface area contributed by atoms with E-state index in [1.165, 1.54) is 37.7 Å². The third-order valence-electron chi connectivity index (χ3n) is 4.51. The summed E-state index contributed by atoms with van der Waals surface area (Å²) in [4.78, 5) is 0. The van der Waals surface area contributed by atoms with Crippen molar-refractivity contribution in [2.75, 3.05) is 0 Å². The molecule has 2 rings (SSSR count). The molecule has 0 radical (unpaired) electrons. The lowest BCUT2D eigenvalue weighted by Gasteiger charge is -2.32. The van der Waals surface area contributed by atoms with Gasteiger partial charge in [0.25, 0.3) is 0 Å². The molecule has 1 aromatic rings. The van der Waals surface area contributed by atoms with E-state index in [0.717, 1.165) is 18.8 Å². The topological polar surface area (TPSA) is 20.2 Å². The van der Waals surface area contributed by atoms with Gasteiger partial charge in [-0.3, -0.25) is 0 Å². The molecule has 22 heavy (non-hydrogen) atoms. The van der Waals surface area contributed by atoms with Gasteiger partial charge in [-0.15, -0.1) is 11.8 Å². The minimum atomic E-state index is -0.187. The van der Waals surface area contributed by atoms with Crippen molar-refractivity contribution in [3.8, 4) is 0 Å². The van der Waals surface area contributed by atoms with Crippen LogP contribution in [0.2, 0.25) is 0 Å². The van der Waals surface area contributed by atoms with Crippen molar-refractivity contribution in [2.24, 2.45) is 5.92 Å². The Morgan fingerprint density at radius 3 is 2.32 bits per heavy atom. The molecular weight excluding hydrogens is 288 g/mol. The second-order valence-electron chi connectivity index (χ2n) is 7.77. The minimum Gasteiger partial charge on any atom is -0.392 e. The quantitative estimate of drug-likeness (QED) is 0.751. The lowest BCUT2D eigenvalue weighted by Crippen LogP contribution is -2.32. The van der Waals surface area contributed by atoms with E-state index in [1.807, 2.05) is 11.8 Å². The third kappa shape index (κ3) is 6.34. The zero-order valence-electron chi connectivity index (χ0n) is 14.4. The highest BCUT2D eigenvalue weighted by Gasteiger charge is 2.28. The first kappa shape index (κ1) is 17.9. The molecule has 0 unspecified atom stereocenters. The molecule has 0 saturated heterocycles. The maximum Gasteiger partial charge on any atom is 0.0664 e. The smallest absolute Gasteiger partial charge is 0.0664 e. The Balaban J connectivity index is 1.99. The summed E-state index contributed by atoms with van der Waals surface area (Å²) in [5.74, 6) is 0.739. The fourth-order valence-electron chi connectivity index (χ4n) is 3.47. The van der Waals surface area contributed by atoms with Crippen LogP contribution in [0.1, 0.15) is 64.9 Å². The number of hydrogen-bond donors (Lipinski definition) is 1. The van der Waals surface area contributed by atoms with E-state index in [-0.39, 0.29) is 10.9 Å². The maximum atomic E-state index is 10.9. The van der Waals surface area contributed by atoms with Crippen LogP contribution in [0.25, 0.3) is 0 Å². The number of aliphatic hydroxyl groups excluding tert-OH is 1. The molecule has 2 atom stereocenters. The highest BCUT2D eigenvalue weighted by Crippen LogP contribution is 2.36. The first-order chi connectivity index (χ1) is 10.4. The van der Waals surface area contributed by atoms with Gasteiger partial charge in [0.1, 0.15) is 0 Å². The predicted molar refractivity (Wildman–Crippen MR) is 98.5 cm³/mol. The maximum absolute atomic E-state index is 10.9. The van der Waals surface area contributed by atoms with E-state index in [9.17, 15) is 5.11 Å². The van der Waals surface area contributed by atoms with Crippen LogP contribution in [0.5, 0.6) is 0 Å². The van der Waals surface area contributed by atoms with Crippen LogP contribution in [-0.4, -0.2) is 21.2 Å². The van der Waals surface area contributed by atoms with E-state index in [0.29, 0.717) is 5.25 Å². The van der Waals surface area contributed by atoms with Crippen molar-refractivity contribution < 1.29 is 5.11 Å². The second-order valence-corrected chi connectivity index (χ2v) is 9.83. The number of hydrogen-bond acceptors (Lipinski definition) is 2. The molecule has 0 aliphatic heterocycles. The molecule has 0 spiro atoms. The third-order valence-corrected chi connectivity index (χ3v) is 6.00. The standard InChI is InChI=1S/C20H32OS/c1-20(2,3)22-19(15-17-12-8-5-9-13-17)18(21)14-16-10-6-4-7-11-16/h5,8-9,12-13,16,18-19,21H,4,6-7,10-11,14-15H2,1-3H3/t18-,19+/m1/s1. The van der Waals surface area contributed by atoms with Gasteiger partial charge in [0.15, 0.2) is 0 Å². The van der Waals surface area contributed by atoms with Crippen molar-refractivity contribution in [3.05, 3.63) is 35.9 Å². The monoisotopic (exact) mass is 320 g/mol. The van der Waals surface area contributed by atoms with Crippen LogP contribution in [0.3, 0.4) is 0 Å². The van der Waals surface area contributed by atoms with Crippen LogP contribution in [-0.2, 0) is 6.42 Å². The van der Waals surface area contributed by atoms with Crippen LogP contribution < -0.4 is 0 Å². The summed E-state index contributed by atoms with van der Waals surface area (Å²) < 4.78 is 0.187. The van der Waals surface area contributed by atoms with Gasteiger partial charge >= 0.3 is 0 Å². The molecule has 1 saturated carbocycles. The zero-order valence-corrected chi connectivity index (χ0v) is 15.2. The van der Waals surface area contributed by atoms with Gasteiger partial charge < -0.3 is 5.11 Å². The van der Waals surface area contributed by atoms with E-state index in [1.54, 1.807) is 0 Å². The summed E-state index contributed by atoms with van der Waals surface area (Å²) in [5, 5.41) is 11.2. The van der Waals surface area contributed by atoms with Gasteiger partial charge in [-0.05, 0) is 24.3 Å². The predicted octanol–water partition coefficient (Wildman–Crippen LogP) is 5.46. The number of benzene rings is 1. The molecular formula is C20H32OS. The molecule has 0 aromatic heterocycles. The van der Waals surface area contributed by atoms with Gasteiger partial charge in [-0.25, -0.2) is 0 Å². The van der Waals surface area contributed by atoms with Crippen LogP contribution in [0.15, 0.2) is 30.3 Å². The van der Waals surface area contributed by atoms with Crippen LogP contribution >= 0.6 is 11.8 Å². The Hall–Kier alpha value is -0.470. The summed E-state index contributed by atoms with van der Waals surface area (Å²) >= 11 is 1.94. The average molecular weight is 321 g/mol. The number of thioether (sulfide) groups is 1.